The number of piperidine rings is 1. The van der Waals surface area contributed by atoms with Crippen LogP contribution in [0.2, 0.25) is 0 Å². The maximum absolute atomic E-state index is 12.2. The standard InChI is InChI=1S/C17H20N4O3/c1-11-5-9-24-15(11)17(23)20-13-3-7-21(8-4-13)14-10-12(16(18)22)2-6-19-14/h2,5-6,9-10,13H,3-4,7-8H2,1H3,(H2,18,22)(H,20,23). The Bertz CT molecular complexity index is 748. The molecule has 0 atom stereocenters. The highest BCUT2D eigenvalue weighted by molar-refractivity contribution is 5.93. The van der Waals surface area contributed by atoms with E-state index in [0.29, 0.717) is 11.3 Å². The summed E-state index contributed by atoms with van der Waals surface area (Å²) in [6.45, 7) is 3.34. The van der Waals surface area contributed by atoms with Gasteiger partial charge in [0, 0.05) is 36.5 Å². The average Bonchev–Trinajstić information content (AvgIpc) is 3.02. The molecule has 7 heteroatoms. The molecule has 0 aliphatic carbocycles. The van der Waals surface area contributed by atoms with Crippen LogP contribution >= 0.6 is 0 Å². The zero-order chi connectivity index (χ0) is 17.1. The average molecular weight is 328 g/mol. The normalized spacial score (nSPS) is 15.3. The van der Waals surface area contributed by atoms with E-state index in [0.717, 1.165) is 37.3 Å². The van der Waals surface area contributed by atoms with E-state index in [1.165, 1.54) is 6.26 Å². The van der Waals surface area contributed by atoms with Crippen molar-refractivity contribution < 1.29 is 14.0 Å². The van der Waals surface area contributed by atoms with Crippen molar-refractivity contribution in [1.29, 1.82) is 0 Å². The van der Waals surface area contributed by atoms with Gasteiger partial charge in [0.1, 0.15) is 5.82 Å². The number of primary amides is 1. The van der Waals surface area contributed by atoms with E-state index >= 15 is 0 Å². The van der Waals surface area contributed by atoms with Crippen LogP contribution in [0.5, 0.6) is 0 Å². The van der Waals surface area contributed by atoms with E-state index in [9.17, 15) is 9.59 Å². The van der Waals surface area contributed by atoms with E-state index in [4.69, 9.17) is 10.2 Å². The summed E-state index contributed by atoms with van der Waals surface area (Å²) in [5, 5.41) is 3.01. The van der Waals surface area contributed by atoms with Crippen LogP contribution in [0, 0.1) is 6.92 Å². The number of rotatable bonds is 4. The number of nitrogens with one attached hydrogen (secondary N) is 1. The molecule has 1 aliphatic heterocycles. The van der Waals surface area contributed by atoms with Crippen LogP contribution in [-0.4, -0.2) is 35.9 Å². The lowest BCUT2D eigenvalue weighted by Gasteiger charge is -2.33. The third-order valence-electron chi connectivity index (χ3n) is 4.25. The van der Waals surface area contributed by atoms with E-state index in [-0.39, 0.29) is 11.9 Å². The second-order valence-corrected chi connectivity index (χ2v) is 5.93. The second kappa shape index (κ2) is 6.74. The molecule has 2 aromatic heterocycles. The lowest BCUT2D eigenvalue weighted by atomic mass is 10.0. The smallest absolute Gasteiger partial charge is 0.287 e. The Balaban J connectivity index is 1.58. The number of aryl methyl sites for hydroxylation is 1. The lowest BCUT2D eigenvalue weighted by molar-refractivity contribution is 0.0901. The van der Waals surface area contributed by atoms with Crippen LogP contribution in [0.3, 0.4) is 0 Å². The van der Waals surface area contributed by atoms with E-state index in [1.807, 2.05) is 6.92 Å². The van der Waals surface area contributed by atoms with Crippen molar-refractivity contribution in [3.63, 3.8) is 0 Å². The largest absolute Gasteiger partial charge is 0.459 e. The van der Waals surface area contributed by atoms with Gasteiger partial charge in [-0.2, -0.15) is 0 Å². The van der Waals surface area contributed by atoms with E-state index < -0.39 is 5.91 Å². The zero-order valence-electron chi connectivity index (χ0n) is 13.5. The molecule has 0 aromatic carbocycles. The maximum atomic E-state index is 12.2. The molecular weight excluding hydrogens is 308 g/mol. The third kappa shape index (κ3) is 3.40. The van der Waals surface area contributed by atoms with Crippen molar-refractivity contribution in [2.45, 2.75) is 25.8 Å². The fourth-order valence-electron chi connectivity index (χ4n) is 2.85. The van der Waals surface area contributed by atoms with Gasteiger partial charge in [0.25, 0.3) is 5.91 Å². The minimum absolute atomic E-state index is 0.0950. The molecule has 1 saturated heterocycles. The van der Waals surface area contributed by atoms with Crippen molar-refractivity contribution in [3.8, 4) is 0 Å². The highest BCUT2D eigenvalue weighted by Gasteiger charge is 2.23. The Morgan fingerprint density at radius 3 is 2.71 bits per heavy atom. The molecule has 0 saturated carbocycles. The molecule has 0 unspecified atom stereocenters. The summed E-state index contributed by atoms with van der Waals surface area (Å²) in [6.07, 6.45) is 4.70. The summed E-state index contributed by atoms with van der Waals surface area (Å²) in [6, 6.07) is 5.17. The Morgan fingerprint density at radius 1 is 1.33 bits per heavy atom. The number of nitrogens with two attached hydrogens (primary N) is 1. The summed E-state index contributed by atoms with van der Waals surface area (Å²) in [5.74, 6) is 0.464. The van der Waals surface area contributed by atoms with Gasteiger partial charge in [0.05, 0.1) is 6.26 Å². The van der Waals surface area contributed by atoms with Gasteiger partial charge in [-0.1, -0.05) is 0 Å². The minimum atomic E-state index is -0.463. The van der Waals surface area contributed by atoms with Crippen molar-refractivity contribution >= 4 is 17.6 Å². The summed E-state index contributed by atoms with van der Waals surface area (Å²) >= 11 is 0. The molecule has 1 aliphatic rings. The molecule has 0 radical (unpaired) electrons. The number of carbonyl (C=O) groups is 2. The summed E-state index contributed by atoms with van der Waals surface area (Å²) in [5.41, 5.74) is 6.58. The summed E-state index contributed by atoms with van der Waals surface area (Å²) in [7, 11) is 0. The molecule has 24 heavy (non-hydrogen) atoms. The highest BCUT2D eigenvalue weighted by Crippen LogP contribution is 2.19. The Morgan fingerprint density at radius 2 is 2.08 bits per heavy atom. The quantitative estimate of drug-likeness (QED) is 0.885. The SMILES string of the molecule is Cc1ccoc1C(=O)NC1CCN(c2cc(C(N)=O)ccn2)CC1. The van der Waals surface area contributed by atoms with Crippen LogP contribution in [0.15, 0.2) is 35.1 Å². The number of hydrogen-bond acceptors (Lipinski definition) is 5. The molecule has 1 fully saturated rings. The van der Waals surface area contributed by atoms with Crippen LogP contribution in [0.4, 0.5) is 5.82 Å². The topological polar surface area (TPSA) is 101 Å². The van der Waals surface area contributed by atoms with Gasteiger partial charge in [-0.3, -0.25) is 9.59 Å². The Kier molecular flexibility index (Phi) is 4.50. The van der Waals surface area contributed by atoms with Gasteiger partial charge < -0.3 is 20.4 Å². The van der Waals surface area contributed by atoms with Crippen molar-refractivity contribution in [2.24, 2.45) is 5.73 Å². The first-order valence-electron chi connectivity index (χ1n) is 7.90. The van der Waals surface area contributed by atoms with E-state index in [1.54, 1.807) is 24.4 Å². The van der Waals surface area contributed by atoms with Crippen molar-refractivity contribution in [2.75, 3.05) is 18.0 Å². The van der Waals surface area contributed by atoms with Crippen LogP contribution < -0.4 is 16.0 Å². The van der Waals surface area contributed by atoms with Crippen molar-refractivity contribution in [1.82, 2.24) is 10.3 Å². The van der Waals surface area contributed by atoms with Gasteiger partial charge in [0.2, 0.25) is 5.91 Å². The number of nitrogens with zero attached hydrogens (tertiary/aromatic N) is 2. The Labute approximate surface area is 139 Å². The van der Waals surface area contributed by atoms with Gasteiger partial charge in [-0.15, -0.1) is 0 Å². The monoisotopic (exact) mass is 328 g/mol. The molecular formula is C17H20N4O3. The fourth-order valence-corrected chi connectivity index (χ4v) is 2.85. The molecule has 2 amide bonds. The van der Waals surface area contributed by atoms with E-state index in [2.05, 4.69) is 15.2 Å². The van der Waals surface area contributed by atoms with Crippen LogP contribution in [0.1, 0.15) is 39.3 Å². The van der Waals surface area contributed by atoms with Crippen molar-refractivity contribution in [3.05, 3.63) is 47.5 Å². The maximum Gasteiger partial charge on any atom is 0.287 e. The first-order chi connectivity index (χ1) is 11.5. The lowest BCUT2D eigenvalue weighted by Crippen LogP contribution is -2.45. The minimum Gasteiger partial charge on any atom is -0.459 e. The second-order valence-electron chi connectivity index (χ2n) is 5.93. The molecule has 3 heterocycles. The van der Waals surface area contributed by atoms with Gasteiger partial charge >= 0.3 is 0 Å². The molecule has 3 rings (SSSR count). The Hall–Kier alpha value is -2.83. The molecule has 0 spiro atoms. The van der Waals surface area contributed by atoms with Gasteiger partial charge in [0.15, 0.2) is 5.76 Å². The van der Waals surface area contributed by atoms with Crippen LogP contribution in [0.25, 0.3) is 0 Å². The summed E-state index contributed by atoms with van der Waals surface area (Å²) in [4.78, 5) is 29.8. The zero-order valence-corrected chi connectivity index (χ0v) is 13.5. The fraction of sp³-hybridized carbons (Fsp3) is 0.353. The van der Waals surface area contributed by atoms with Gasteiger partial charge in [-0.05, 0) is 38.0 Å². The third-order valence-corrected chi connectivity index (χ3v) is 4.25. The molecule has 3 N–H and O–H groups in total. The number of carbonyl (C=O) groups excluding carboxylic acids is 2. The number of aromatic nitrogens is 1. The number of anilines is 1. The number of amides is 2. The van der Waals surface area contributed by atoms with Crippen LogP contribution in [-0.2, 0) is 0 Å². The predicted molar refractivity (Wildman–Crippen MR) is 88.9 cm³/mol. The first kappa shape index (κ1) is 16.0. The molecule has 126 valence electrons. The first-order valence-corrected chi connectivity index (χ1v) is 7.90. The van der Waals surface area contributed by atoms with Gasteiger partial charge in [-0.25, -0.2) is 4.98 Å². The summed E-state index contributed by atoms with van der Waals surface area (Å²) < 4.78 is 5.22. The molecule has 7 nitrogen and oxygen atoms in total. The predicted octanol–water partition coefficient (Wildman–Crippen LogP) is 1.48. The number of pyridine rings is 1. The highest BCUT2D eigenvalue weighted by atomic mass is 16.3. The molecule has 0 bridgehead atoms. The number of hydrogen-bond donors (Lipinski definition) is 2. The number of furan rings is 1. The molecule has 2 aromatic rings.